The first-order chi connectivity index (χ1) is 10.7. The SMILES string of the molecule is CCCC(=O)N1N=C(c2ccco2)C[C@H]1c1ccc(O)cc1. The summed E-state index contributed by atoms with van der Waals surface area (Å²) >= 11 is 0. The van der Waals surface area contributed by atoms with E-state index in [0.29, 0.717) is 18.6 Å². The largest absolute Gasteiger partial charge is 0.508 e. The zero-order chi connectivity index (χ0) is 15.5. The fourth-order valence-corrected chi connectivity index (χ4v) is 2.62. The number of carbonyl (C=O) groups is 1. The highest BCUT2D eigenvalue weighted by Gasteiger charge is 2.33. The van der Waals surface area contributed by atoms with Crippen LogP contribution in [-0.4, -0.2) is 21.7 Å². The van der Waals surface area contributed by atoms with Crippen molar-refractivity contribution < 1.29 is 14.3 Å². The molecular weight excluding hydrogens is 280 g/mol. The van der Waals surface area contributed by atoms with Crippen LogP contribution < -0.4 is 0 Å². The van der Waals surface area contributed by atoms with Gasteiger partial charge in [0.25, 0.3) is 0 Å². The molecule has 22 heavy (non-hydrogen) atoms. The molecule has 1 atom stereocenters. The van der Waals surface area contributed by atoms with Crippen LogP contribution in [0.2, 0.25) is 0 Å². The van der Waals surface area contributed by atoms with Crippen LogP contribution in [0.4, 0.5) is 0 Å². The fourth-order valence-electron chi connectivity index (χ4n) is 2.62. The van der Waals surface area contributed by atoms with E-state index < -0.39 is 0 Å². The maximum atomic E-state index is 12.3. The Labute approximate surface area is 128 Å². The van der Waals surface area contributed by atoms with Gasteiger partial charge in [0.05, 0.1) is 12.3 Å². The number of furan rings is 1. The van der Waals surface area contributed by atoms with E-state index in [4.69, 9.17) is 4.42 Å². The summed E-state index contributed by atoms with van der Waals surface area (Å²) in [7, 11) is 0. The van der Waals surface area contributed by atoms with E-state index in [9.17, 15) is 9.90 Å². The number of carbonyl (C=O) groups excluding carboxylic acids is 1. The van der Waals surface area contributed by atoms with Gasteiger partial charge in [-0.25, -0.2) is 5.01 Å². The van der Waals surface area contributed by atoms with E-state index in [1.807, 2.05) is 31.2 Å². The molecule has 114 valence electrons. The molecular formula is C17H18N2O3. The summed E-state index contributed by atoms with van der Waals surface area (Å²) < 4.78 is 5.40. The minimum absolute atomic E-state index is 0.00197. The Morgan fingerprint density at radius 2 is 2.14 bits per heavy atom. The molecule has 1 aliphatic heterocycles. The average Bonchev–Trinajstić information content (AvgIpc) is 3.17. The summed E-state index contributed by atoms with van der Waals surface area (Å²) in [6.45, 7) is 1.97. The van der Waals surface area contributed by atoms with E-state index in [-0.39, 0.29) is 17.7 Å². The van der Waals surface area contributed by atoms with Gasteiger partial charge >= 0.3 is 0 Å². The van der Waals surface area contributed by atoms with E-state index in [1.54, 1.807) is 23.4 Å². The van der Waals surface area contributed by atoms with Gasteiger partial charge in [0.15, 0.2) is 0 Å². The fraction of sp³-hybridized carbons (Fsp3) is 0.294. The van der Waals surface area contributed by atoms with Crippen molar-refractivity contribution in [1.82, 2.24) is 5.01 Å². The van der Waals surface area contributed by atoms with Crippen LogP contribution in [0.25, 0.3) is 0 Å². The van der Waals surface area contributed by atoms with Gasteiger partial charge in [-0.05, 0) is 36.2 Å². The first-order valence-electron chi connectivity index (χ1n) is 7.41. The highest BCUT2D eigenvalue weighted by atomic mass is 16.3. The lowest BCUT2D eigenvalue weighted by molar-refractivity contribution is -0.133. The lowest BCUT2D eigenvalue weighted by atomic mass is 10.0. The summed E-state index contributed by atoms with van der Waals surface area (Å²) in [6.07, 6.45) is 3.45. The quantitative estimate of drug-likeness (QED) is 0.940. The number of nitrogens with zero attached hydrogens (tertiary/aromatic N) is 2. The number of hydrogen-bond acceptors (Lipinski definition) is 4. The molecule has 3 rings (SSSR count). The monoisotopic (exact) mass is 298 g/mol. The molecule has 1 aromatic heterocycles. The van der Waals surface area contributed by atoms with Gasteiger partial charge in [-0.15, -0.1) is 0 Å². The van der Waals surface area contributed by atoms with Crippen LogP contribution in [-0.2, 0) is 4.79 Å². The number of phenols is 1. The van der Waals surface area contributed by atoms with E-state index in [2.05, 4.69) is 5.10 Å². The molecule has 1 aromatic carbocycles. The summed E-state index contributed by atoms with van der Waals surface area (Å²) in [6, 6.07) is 10.4. The third-order valence-corrected chi connectivity index (χ3v) is 3.71. The third kappa shape index (κ3) is 2.74. The first-order valence-corrected chi connectivity index (χ1v) is 7.41. The molecule has 2 heterocycles. The minimum atomic E-state index is -0.153. The Bertz CT molecular complexity index is 674. The number of hydrazone groups is 1. The van der Waals surface area contributed by atoms with Crippen molar-refractivity contribution in [3.63, 3.8) is 0 Å². The zero-order valence-corrected chi connectivity index (χ0v) is 12.4. The number of rotatable bonds is 4. The molecule has 0 fully saturated rings. The van der Waals surface area contributed by atoms with Crippen molar-refractivity contribution in [1.29, 1.82) is 0 Å². The van der Waals surface area contributed by atoms with Gasteiger partial charge < -0.3 is 9.52 Å². The van der Waals surface area contributed by atoms with Crippen LogP contribution >= 0.6 is 0 Å². The summed E-state index contributed by atoms with van der Waals surface area (Å²) in [5, 5.41) is 15.5. The van der Waals surface area contributed by atoms with Crippen LogP contribution in [0, 0.1) is 0 Å². The molecule has 5 heteroatoms. The van der Waals surface area contributed by atoms with Crippen molar-refractivity contribution in [3.05, 3.63) is 54.0 Å². The zero-order valence-electron chi connectivity index (χ0n) is 12.4. The molecule has 0 saturated carbocycles. The first kappa shape index (κ1) is 14.4. The third-order valence-electron chi connectivity index (χ3n) is 3.71. The molecule has 0 radical (unpaired) electrons. The van der Waals surface area contributed by atoms with Gasteiger partial charge in [-0.1, -0.05) is 19.1 Å². The van der Waals surface area contributed by atoms with E-state index in [1.165, 1.54) is 0 Å². The smallest absolute Gasteiger partial charge is 0.243 e. The Morgan fingerprint density at radius 3 is 2.77 bits per heavy atom. The number of amides is 1. The number of benzene rings is 1. The molecule has 1 aliphatic rings. The lowest BCUT2D eigenvalue weighted by Gasteiger charge is -2.21. The Kier molecular flexibility index (Phi) is 3.96. The predicted octanol–water partition coefficient (Wildman–Crippen LogP) is 3.46. The molecule has 0 bridgehead atoms. The van der Waals surface area contributed by atoms with Gasteiger partial charge in [0, 0.05) is 12.8 Å². The van der Waals surface area contributed by atoms with Crippen molar-refractivity contribution >= 4 is 11.6 Å². The van der Waals surface area contributed by atoms with Crippen LogP contribution in [0.15, 0.2) is 52.2 Å². The van der Waals surface area contributed by atoms with Crippen molar-refractivity contribution in [2.75, 3.05) is 0 Å². The van der Waals surface area contributed by atoms with Crippen LogP contribution in [0.5, 0.6) is 5.75 Å². The molecule has 1 N–H and O–H groups in total. The Morgan fingerprint density at radius 1 is 1.36 bits per heavy atom. The standard InChI is InChI=1S/C17H18N2O3/c1-2-4-17(21)19-15(12-6-8-13(20)9-7-12)11-14(18-19)16-5-3-10-22-16/h3,5-10,15,20H,2,4,11H2,1H3/t15-/m0/s1. The number of hydrogen-bond donors (Lipinski definition) is 1. The predicted molar refractivity (Wildman–Crippen MR) is 82.5 cm³/mol. The Balaban J connectivity index is 1.91. The highest BCUT2D eigenvalue weighted by Crippen LogP contribution is 2.34. The van der Waals surface area contributed by atoms with Gasteiger partial charge in [-0.3, -0.25) is 4.79 Å². The van der Waals surface area contributed by atoms with Gasteiger partial charge in [-0.2, -0.15) is 5.10 Å². The summed E-state index contributed by atoms with van der Waals surface area (Å²) in [5.74, 6) is 0.901. The summed E-state index contributed by atoms with van der Waals surface area (Å²) in [4.78, 5) is 12.3. The second kappa shape index (κ2) is 6.05. The molecule has 5 nitrogen and oxygen atoms in total. The second-order valence-corrected chi connectivity index (χ2v) is 5.32. The second-order valence-electron chi connectivity index (χ2n) is 5.32. The molecule has 2 aromatic rings. The summed E-state index contributed by atoms with van der Waals surface area (Å²) in [5.41, 5.74) is 1.72. The van der Waals surface area contributed by atoms with Crippen molar-refractivity contribution in [3.8, 4) is 5.75 Å². The van der Waals surface area contributed by atoms with Crippen LogP contribution in [0.1, 0.15) is 43.6 Å². The average molecular weight is 298 g/mol. The van der Waals surface area contributed by atoms with E-state index >= 15 is 0 Å². The molecule has 0 saturated heterocycles. The van der Waals surface area contributed by atoms with Gasteiger partial charge in [0.1, 0.15) is 17.2 Å². The van der Waals surface area contributed by atoms with Crippen molar-refractivity contribution in [2.24, 2.45) is 5.10 Å². The normalized spacial score (nSPS) is 17.6. The van der Waals surface area contributed by atoms with Gasteiger partial charge in [0.2, 0.25) is 5.91 Å². The maximum Gasteiger partial charge on any atom is 0.243 e. The van der Waals surface area contributed by atoms with Crippen LogP contribution in [0.3, 0.4) is 0 Å². The molecule has 0 unspecified atom stereocenters. The molecule has 1 amide bonds. The van der Waals surface area contributed by atoms with Crippen molar-refractivity contribution in [2.45, 2.75) is 32.2 Å². The number of phenolic OH excluding ortho intramolecular Hbond substituents is 1. The minimum Gasteiger partial charge on any atom is -0.508 e. The lowest BCUT2D eigenvalue weighted by Crippen LogP contribution is -2.26. The maximum absolute atomic E-state index is 12.3. The topological polar surface area (TPSA) is 66.0 Å². The van der Waals surface area contributed by atoms with E-state index in [0.717, 1.165) is 17.7 Å². The highest BCUT2D eigenvalue weighted by molar-refractivity contribution is 6.01. The molecule has 0 aliphatic carbocycles. The Hall–Kier alpha value is -2.56. The molecule has 0 spiro atoms. The number of aromatic hydroxyl groups is 1.